The molecule has 0 saturated carbocycles. The highest BCUT2D eigenvalue weighted by molar-refractivity contribution is 9.10. The van der Waals surface area contributed by atoms with Crippen LogP contribution in [0.3, 0.4) is 0 Å². The van der Waals surface area contributed by atoms with Gasteiger partial charge in [0.05, 0.1) is 6.61 Å². The van der Waals surface area contributed by atoms with Crippen LogP contribution in [0, 0.1) is 0 Å². The van der Waals surface area contributed by atoms with Gasteiger partial charge < -0.3 is 9.26 Å². The third-order valence-corrected chi connectivity index (χ3v) is 5.42. The largest absolute Gasteiger partial charge is 0.494 e. The molecule has 0 atom stereocenters. The summed E-state index contributed by atoms with van der Waals surface area (Å²) < 4.78 is 12.3. The first-order valence-electron chi connectivity index (χ1n) is 10.6. The van der Waals surface area contributed by atoms with Crippen LogP contribution in [0.15, 0.2) is 57.5 Å². The predicted octanol–water partition coefficient (Wildman–Crippen LogP) is 7.69. The third-order valence-electron chi connectivity index (χ3n) is 4.90. The molecule has 29 heavy (non-hydrogen) atoms. The molecule has 0 spiro atoms. The quantitative estimate of drug-likeness (QED) is 0.262. The molecule has 1 heterocycles. The van der Waals surface area contributed by atoms with Crippen molar-refractivity contribution in [3.05, 3.63) is 53.0 Å². The molecule has 0 bridgehead atoms. The van der Waals surface area contributed by atoms with Crippen molar-refractivity contribution in [1.82, 2.24) is 10.1 Å². The molecular formula is C24H29BrN2O2. The Bertz CT molecular complexity index is 844. The summed E-state index contributed by atoms with van der Waals surface area (Å²) in [5.74, 6) is 1.98. The van der Waals surface area contributed by atoms with Crippen molar-refractivity contribution < 1.29 is 9.26 Å². The molecule has 0 fully saturated rings. The molecule has 0 unspecified atom stereocenters. The number of hydrogen-bond acceptors (Lipinski definition) is 4. The summed E-state index contributed by atoms with van der Waals surface area (Å²) in [5, 5.41) is 4.10. The molecule has 154 valence electrons. The molecule has 0 radical (unpaired) electrons. The monoisotopic (exact) mass is 456 g/mol. The second-order valence-corrected chi connectivity index (χ2v) is 8.19. The Kier molecular flexibility index (Phi) is 8.75. The van der Waals surface area contributed by atoms with E-state index < -0.39 is 0 Å². The van der Waals surface area contributed by atoms with E-state index in [1.54, 1.807) is 0 Å². The zero-order valence-corrected chi connectivity index (χ0v) is 18.7. The molecular weight excluding hydrogens is 428 g/mol. The van der Waals surface area contributed by atoms with Crippen LogP contribution in [0.1, 0.15) is 58.3 Å². The first-order chi connectivity index (χ1) is 14.3. The first-order valence-corrected chi connectivity index (χ1v) is 11.4. The van der Waals surface area contributed by atoms with E-state index in [0.717, 1.165) is 34.4 Å². The lowest BCUT2D eigenvalue weighted by molar-refractivity contribution is 0.304. The minimum Gasteiger partial charge on any atom is -0.494 e. The smallest absolute Gasteiger partial charge is 0.258 e. The Morgan fingerprint density at radius 1 is 0.793 bits per heavy atom. The maximum atomic E-state index is 5.86. The van der Waals surface area contributed by atoms with E-state index in [1.807, 2.05) is 48.5 Å². The first kappa shape index (κ1) is 21.6. The van der Waals surface area contributed by atoms with Gasteiger partial charge in [0.25, 0.3) is 5.89 Å². The van der Waals surface area contributed by atoms with E-state index >= 15 is 0 Å². The third kappa shape index (κ3) is 7.00. The van der Waals surface area contributed by atoms with Crippen LogP contribution < -0.4 is 4.74 Å². The molecule has 0 aliphatic rings. The lowest BCUT2D eigenvalue weighted by atomic mass is 10.1. The number of hydrogen-bond donors (Lipinski definition) is 0. The molecule has 3 rings (SSSR count). The van der Waals surface area contributed by atoms with Crippen LogP contribution in [0.25, 0.3) is 22.8 Å². The molecule has 0 saturated heterocycles. The van der Waals surface area contributed by atoms with Gasteiger partial charge in [-0.25, -0.2) is 0 Å². The zero-order chi connectivity index (χ0) is 20.3. The van der Waals surface area contributed by atoms with Gasteiger partial charge in [-0.3, -0.25) is 0 Å². The molecule has 5 heteroatoms. The lowest BCUT2D eigenvalue weighted by Crippen LogP contribution is -1.97. The van der Waals surface area contributed by atoms with Crippen molar-refractivity contribution in [3.63, 3.8) is 0 Å². The summed E-state index contributed by atoms with van der Waals surface area (Å²) in [6, 6.07) is 15.7. The van der Waals surface area contributed by atoms with Gasteiger partial charge in [-0.05, 0) is 55.0 Å². The number of rotatable bonds is 12. The molecule has 0 N–H and O–H groups in total. The van der Waals surface area contributed by atoms with E-state index in [9.17, 15) is 0 Å². The van der Waals surface area contributed by atoms with Gasteiger partial charge in [-0.1, -0.05) is 73.0 Å². The maximum Gasteiger partial charge on any atom is 0.258 e. The molecule has 0 amide bonds. The van der Waals surface area contributed by atoms with Gasteiger partial charge in [0.15, 0.2) is 0 Å². The van der Waals surface area contributed by atoms with E-state index in [-0.39, 0.29) is 0 Å². The van der Waals surface area contributed by atoms with Crippen LogP contribution >= 0.6 is 15.9 Å². The summed E-state index contributed by atoms with van der Waals surface area (Å²) in [6.07, 6.45) is 10.4. The molecule has 0 aliphatic heterocycles. The minimum absolute atomic E-state index is 0.516. The number of ether oxygens (including phenoxy) is 1. The van der Waals surface area contributed by atoms with Crippen molar-refractivity contribution in [2.24, 2.45) is 0 Å². The fourth-order valence-corrected chi connectivity index (χ4v) is 3.44. The van der Waals surface area contributed by atoms with E-state index in [1.165, 1.54) is 44.9 Å². The van der Waals surface area contributed by atoms with E-state index in [0.29, 0.717) is 11.7 Å². The second kappa shape index (κ2) is 11.8. The number of halogens is 1. The highest BCUT2D eigenvalue weighted by Crippen LogP contribution is 2.25. The average molecular weight is 457 g/mol. The van der Waals surface area contributed by atoms with Crippen molar-refractivity contribution in [3.8, 4) is 28.6 Å². The summed E-state index contributed by atoms with van der Waals surface area (Å²) in [5.41, 5.74) is 1.81. The zero-order valence-electron chi connectivity index (χ0n) is 17.1. The molecule has 4 nitrogen and oxygen atoms in total. The van der Waals surface area contributed by atoms with E-state index in [2.05, 4.69) is 33.0 Å². The SMILES string of the molecule is CCCCCCCCCCOc1ccc(-c2noc(-c3ccc(Br)cc3)n2)cc1. The molecule has 0 aliphatic carbocycles. The van der Waals surface area contributed by atoms with Gasteiger partial charge in [-0.2, -0.15) is 4.98 Å². The highest BCUT2D eigenvalue weighted by atomic mass is 79.9. The number of nitrogens with zero attached hydrogens (tertiary/aromatic N) is 2. The van der Waals surface area contributed by atoms with Crippen LogP contribution in [0.4, 0.5) is 0 Å². The second-order valence-electron chi connectivity index (χ2n) is 7.28. The molecule has 2 aromatic carbocycles. The lowest BCUT2D eigenvalue weighted by Gasteiger charge is -2.06. The van der Waals surface area contributed by atoms with Crippen LogP contribution in [0.2, 0.25) is 0 Å². The van der Waals surface area contributed by atoms with Crippen LogP contribution in [0.5, 0.6) is 5.75 Å². The van der Waals surface area contributed by atoms with Gasteiger partial charge in [-0.15, -0.1) is 0 Å². The Hall–Kier alpha value is -2.14. The molecule has 3 aromatic rings. The Morgan fingerprint density at radius 2 is 1.41 bits per heavy atom. The van der Waals surface area contributed by atoms with Gasteiger partial charge in [0.1, 0.15) is 5.75 Å². The predicted molar refractivity (Wildman–Crippen MR) is 121 cm³/mol. The summed E-state index contributed by atoms with van der Waals surface area (Å²) >= 11 is 3.43. The van der Waals surface area contributed by atoms with E-state index in [4.69, 9.17) is 9.26 Å². The normalized spacial score (nSPS) is 11.0. The summed E-state index contributed by atoms with van der Waals surface area (Å²) in [4.78, 5) is 4.50. The number of benzene rings is 2. The van der Waals surface area contributed by atoms with Crippen LogP contribution in [-0.4, -0.2) is 16.7 Å². The van der Waals surface area contributed by atoms with Crippen LogP contribution in [-0.2, 0) is 0 Å². The number of unbranched alkanes of at least 4 members (excludes halogenated alkanes) is 7. The number of aromatic nitrogens is 2. The fourth-order valence-electron chi connectivity index (χ4n) is 3.18. The van der Waals surface area contributed by atoms with Crippen molar-refractivity contribution in [2.45, 2.75) is 58.3 Å². The minimum atomic E-state index is 0.516. The average Bonchev–Trinajstić information content (AvgIpc) is 3.24. The summed E-state index contributed by atoms with van der Waals surface area (Å²) in [7, 11) is 0. The Balaban J connectivity index is 1.42. The molecule has 1 aromatic heterocycles. The maximum absolute atomic E-state index is 5.86. The van der Waals surface area contributed by atoms with Crippen molar-refractivity contribution >= 4 is 15.9 Å². The van der Waals surface area contributed by atoms with Gasteiger partial charge >= 0.3 is 0 Å². The highest BCUT2D eigenvalue weighted by Gasteiger charge is 2.10. The standard InChI is InChI=1S/C24H29BrN2O2/c1-2-3-4-5-6-7-8-9-18-28-22-16-12-19(13-17-22)23-26-24(29-27-23)20-10-14-21(25)15-11-20/h10-17H,2-9,18H2,1H3. The van der Waals surface area contributed by atoms with Gasteiger partial charge in [0.2, 0.25) is 5.82 Å². The van der Waals surface area contributed by atoms with Crippen molar-refractivity contribution in [2.75, 3.05) is 6.61 Å². The Morgan fingerprint density at radius 3 is 2.10 bits per heavy atom. The topological polar surface area (TPSA) is 48.2 Å². The summed E-state index contributed by atoms with van der Waals surface area (Å²) in [6.45, 7) is 3.03. The van der Waals surface area contributed by atoms with Gasteiger partial charge in [0, 0.05) is 15.6 Å². The van der Waals surface area contributed by atoms with Crippen molar-refractivity contribution in [1.29, 1.82) is 0 Å². The Labute approximate surface area is 181 Å². The fraction of sp³-hybridized carbons (Fsp3) is 0.417.